The molecule has 0 amide bonds. The number of hydrogen-bond acceptors (Lipinski definition) is 7. The van der Waals surface area contributed by atoms with Gasteiger partial charge in [0.05, 0.1) is 5.52 Å². The van der Waals surface area contributed by atoms with E-state index in [0.717, 1.165) is 44.8 Å². The number of likely N-dealkylation sites (N-methyl/N-ethyl adjacent to an activating group) is 1. The number of carboxylic acid groups (broad SMARTS) is 2. The number of halogens is 6. The highest BCUT2D eigenvalue weighted by molar-refractivity contribution is 5.92. The lowest BCUT2D eigenvalue weighted by Gasteiger charge is -2.20. The van der Waals surface area contributed by atoms with Gasteiger partial charge in [0.2, 0.25) is 0 Å². The molecule has 3 aromatic heterocycles. The molecule has 1 unspecified atom stereocenters. The third-order valence-corrected chi connectivity index (χ3v) is 6.35. The normalized spacial score (nSPS) is 12.1. The lowest BCUT2D eigenvalue weighted by Crippen LogP contribution is -2.30. The molecule has 0 fully saturated rings. The van der Waals surface area contributed by atoms with Gasteiger partial charge in [-0.15, -0.1) is 10.2 Å². The Morgan fingerprint density at radius 1 is 0.870 bits per heavy atom. The maximum absolute atomic E-state index is 10.6. The van der Waals surface area contributed by atoms with Crippen LogP contribution in [0.1, 0.15) is 6.92 Å². The summed E-state index contributed by atoms with van der Waals surface area (Å²) in [5.41, 5.74) is 4.96. The Morgan fingerprint density at radius 2 is 1.46 bits per heavy atom. The van der Waals surface area contributed by atoms with Gasteiger partial charge in [-0.25, -0.2) is 9.59 Å². The molecule has 10 nitrogen and oxygen atoms in total. The molecule has 0 aliphatic heterocycles. The van der Waals surface area contributed by atoms with E-state index >= 15 is 0 Å². The smallest absolute Gasteiger partial charge is 0.490 e. The fraction of sp³-hybridized carbons (Fsp3) is 0.233. The first kappa shape index (κ1) is 35.2. The number of rotatable bonds is 6. The minimum Gasteiger partial charge on any atom is -0.492 e. The van der Waals surface area contributed by atoms with Gasteiger partial charge in [-0.05, 0) is 68.5 Å². The highest BCUT2D eigenvalue weighted by Crippen LogP contribution is 2.29. The van der Waals surface area contributed by atoms with Crippen LogP contribution in [0.5, 0.6) is 5.75 Å². The molecule has 5 rings (SSSR count). The topological polar surface area (TPSA) is 130 Å². The molecule has 0 aliphatic carbocycles. The van der Waals surface area contributed by atoms with Crippen LogP contribution in [0.4, 0.5) is 26.3 Å². The van der Waals surface area contributed by atoms with Gasteiger partial charge in [0.15, 0.2) is 11.5 Å². The first-order chi connectivity index (χ1) is 21.5. The Balaban J connectivity index is 0.000000345. The van der Waals surface area contributed by atoms with Gasteiger partial charge in [-0.2, -0.15) is 26.3 Å². The number of aliphatic carboxylic acids is 2. The summed E-state index contributed by atoms with van der Waals surface area (Å²) in [5.74, 6) is -3.83. The Morgan fingerprint density at radius 3 is 2.02 bits per heavy atom. The second-order valence-electron chi connectivity index (χ2n) is 9.80. The zero-order valence-electron chi connectivity index (χ0n) is 24.4. The predicted octanol–water partition coefficient (Wildman–Crippen LogP) is 6.21. The molecule has 0 saturated carbocycles. The van der Waals surface area contributed by atoms with Crippen LogP contribution in [0.25, 0.3) is 39.1 Å². The van der Waals surface area contributed by atoms with Crippen molar-refractivity contribution in [2.45, 2.75) is 25.3 Å². The maximum atomic E-state index is 10.6. The Hall–Kier alpha value is -5.25. The predicted molar refractivity (Wildman–Crippen MR) is 155 cm³/mol. The van der Waals surface area contributed by atoms with Gasteiger partial charge in [-0.3, -0.25) is 9.38 Å². The van der Waals surface area contributed by atoms with Crippen LogP contribution in [0, 0.1) is 0 Å². The molecule has 244 valence electrons. The summed E-state index contributed by atoms with van der Waals surface area (Å²) in [7, 11) is 4.11. The Kier molecular flexibility index (Phi) is 11.2. The number of aromatic nitrogens is 4. The maximum Gasteiger partial charge on any atom is 0.490 e. The van der Waals surface area contributed by atoms with Crippen molar-refractivity contribution in [2.24, 2.45) is 0 Å². The van der Waals surface area contributed by atoms with E-state index in [9.17, 15) is 26.3 Å². The lowest BCUT2D eigenvalue weighted by atomic mass is 10.1. The molecule has 46 heavy (non-hydrogen) atoms. The number of carboxylic acids is 2. The van der Waals surface area contributed by atoms with Gasteiger partial charge >= 0.3 is 24.3 Å². The van der Waals surface area contributed by atoms with E-state index in [2.05, 4.69) is 71.4 Å². The zero-order chi connectivity index (χ0) is 34.2. The molecule has 2 aromatic carbocycles. The van der Waals surface area contributed by atoms with E-state index in [-0.39, 0.29) is 0 Å². The van der Waals surface area contributed by atoms with E-state index in [1.165, 1.54) is 0 Å². The minimum absolute atomic E-state index is 0.358. The molecule has 0 aliphatic rings. The first-order valence-corrected chi connectivity index (χ1v) is 13.2. The molecule has 0 bridgehead atoms. The van der Waals surface area contributed by atoms with Crippen LogP contribution in [-0.2, 0) is 9.59 Å². The Labute approximate surface area is 257 Å². The molecule has 3 heterocycles. The summed E-state index contributed by atoms with van der Waals surface area (Å²) >= 11 is 0. The number of carbonyl (C=O) groups is 2. The van der Waals surface area contributed by atoms with Crippen molar-refractivity contribution in [3.63, 3.8) is 0 Å². The molecule has 0 radical (unpaired) electrons. The van der Waals surface area contributed by atoms with Gasteiger partial charge in [-0.1, -0.05) is 30.3 Å². The molecule has 5 aromatic rings. The van der Waals surface area contributed by atoms with Crippen LogP contribution in [0.15, 0.2) is 79.1 Å². The number of benzene rings is 2. The molecule has 0 saturated heterocycles. The Bertz CT molecular complexity index is 1760. The second-order valence-corrected chi connectivity index (χ2v) is 9.80. The van der Waals surface area contributed by atoms with E-state index in [1.807, 2.05) is 53.2 Å². The fourth-order valence-corrected chi connectivity index (χ4v) is 3.65. The standard InChI is InChI=1S/C26H25N5O.2C2HF3O2/c1-18(30(2)3)17-32-21-10-8-19(9-11-21)20-13-15-31-25(16-20)28-29-26(31)23-12-14-27-24-7-5-4-6-22(23)24;2*3-2(4,5)1(6)7/h4-16,18H,17H2,1-3H3;2*(H,6,7). The van der Waals surface area contributed by atoms with E-state index in [0.29, 0.717) is 12.6 Å². The van der Waals surface area contributed by atoms with Crippen molar-refractivity contribution in [2.75, 3.05) is 20.7 Å². The average Bonchev–Trinajstić information content (AvgIpc) is 3.42. The molecular weight excluding hydrogens is 624 g/mol. The number of fused-ring (bicyclic) bond motifs is 2. The van der Waals surface area contributed by atoms with E-state index in [4.69, 9.17) is 24.5 Å². The van der Waals surface area contributed by atoms with E-state index in [1.54, 1.807) is 0 Å². The van der Waals surface area contributed by atoms with Crippen LogP contribution in [0.2, 0.25) is 0 Å². The number of nitrogens with zero attached hydrogens (tertiary/aromatic N) is 5. The summed E-state index contributed by atoms with van der Waals surface area (Å²) < 4.78 is 71.4. The lowest BCUT2D eigenvalue weighted by molar-refractivity contribution is -0.193. The first-order valence-electron chi connectivity index (χ1n) is 13.2. The number of hydrogen-bond donors (Lipinski definition) is 2. The molecule has 2 N–H and O–H groups in total. The third kappa shape index (κ3) is 9.37. The minimum atomic E-state index is -5.08. The summed E-state index contributed by atoms with van der Waals surface area (Å²) in [4.78, 5) is 24.4. The molecular formula is C30H27F6N5O5. The number of alkyl halides is 6. The molecule has 1 atom stereocenters. The van der Waals surface area contributed by atoms with Gasteiger partial charge < -0.3 is 19.8 Å². The van der Waals surface area contributed by atoms with Crippen molar-refractivity contribution in [3.05, 3.63) is 79.1 Å². The summed E-state index contributed by atoms with van der Waals surface area (Å²) in [6.07, 6.45) is -6.33. The third-order valence-electron chi connectivity index (χ3n) is 6.35. The SMILES string of the molecule is CC(COc1ccc(-c2ccn3c(-c4ccnc5ccccc45)nnc3c2)cc1)N(C)C.O=C(O)C(F)(F)F.O=C(O)C(F)(F)F. The average molecular weight is 652 g/mol. The molecule has 0 spiro atoms. The number of para-hydroxylation sites is 1. The van der Waals surface area contributed by atoms with Crippen LogP contribution < -0.4 is 4.74 Å². The van der Waals surface area contributed by atoms with Crippen LogP contribution >= 0.6 is 0 Å². The van der Waals surface area contributed by atoms with Crippen molar-refractivity contribution < 1.29 is 50.9 Å². The van der Waals surface area contributed by atoms with Gasteiger partial charge in [0.1, 0.15) is 12.4 Å². The van der Waals surface area contributed by atoms with Crippen molar-refractivity contribution >= 4 is 28.5 Å². The number of ether oxygens (including phenoxy) is 1. The van der Waals surface area contributed by atoms with E-state index < -0.39 is 24.3 Å². The zero-order valence-corrected chi connectivity index (χ0v) is 24.4. The van der Waals surface area contributed by atoms with Gasteiger partial charge in [0, 0.05) is 29.4 Å². The largest absolute Gasteiger partial charge is 0.492 e. The second kappa shape index (κ2) is 14.7. The van der Waals surface area contributed by atoms with Crippen molar-refractivity contribution in [1.82, 2.24) is 24.5 Å². The quantitative estimate of drug-likeness (QED) is 0.206. The highest BCUT2D eigenvalue weighted by atomic mass is 19.4. The summed E-state index contributed by atoms with van der Waals surface area (Å²) in [6, 6.07) is 22.8. The van der Waals surface area contributed by atoms with Crippen LogP contribution in [0.3, 0.4) is 0 Å². The van der Waals surface area contributed by atoms with Gasteiger partial charge in [0.25, 0.3) is 0 Å². The van der Waals surface area contributed by atoms with Crippen molar-refractivity contribution in [3.8, 4) is 28.3 Å². The fourth-order valence-electron chi connectivity index (χ4n) is 3.65. The van der Waals surface area contributed by atoms with Crippen molar-refractivity contribution in [1.29, 1.82) is 0 Å². The highest BCUT2D eigenvalue weighted by Gasteiger charge is 2.38. The monoisotopic (exact) mass is 651 g/mol. The summed E-state index contributed by atoms with van der Waals surface area (Å²) in [5, 5.41) is 24.2. The summed E-state index contributed by atoms with van der Waals surface area (Å²) in [6.45, 7) is 2.80. The molecule has 16 heteroatoms. The van der Waals surface area contributed by atoms with Crippen LogP contribution in [-0.4, -0.2) is 85.7 Å². The number of pyridine rings is 2.